The molecule has 1 fully saturated rings. The first-order chi connectivity index (χ1) is 11.3. The Balaban J connectivity index is 1.91. The highest BCUT2D eigenvalue weighted by molar-refractivity contribution is 6.28. The molecular formula is C17H20ClN5. The van der Waals surface area contributed by atoms with Crippen molar-refractivity contribution in [2.75, 3.05) is 0 Å². The maximum atomic E-state index is 6.06. The third-order valence-corrected chi connectivity index (χ3v) is 4.92. The number of rotatable bonds is 3. The zero-order valence-electron chi connectivity index (χ0n) is 13.2. The maximum Gasteiger partial charge on any atom is 0.224 e. The molecule has 0 saturated heterocycles. The normalized spacial score (nSPS) is 16.3. The summed E-state index contributed by atoms with van der Waals surface area (Å²) in [6, 6.07) is 2.64. The summed E-state index contributed by atoms with van der Waals surface area (Å²) in [6.07, 6.45) is 12.1. The van der Waals surface area contributed by atoms with Crippen LogP contribution in [0.3, 0.4) is 0 Å². The van der Waals surface area contributed by atoms with Gasteiger partial charge in [-0.15, -0.1) is 0 Å². The second-order valence-corrected chi connectivity index (χ2v) is 6.53. The summed E-state index contributed by atoms with van der Waals surface area (Å²) in [5, 5.41) is 5.78. The molecule has 0 radical (unpaired) electrons. The number of aryl methyl sites for hydroxylation is 1. The molecule has 0 aliphatic heterocycles. The molecule has 0 N–H and O–H groups in total. The van der Waals surface area contributed by atoms with Crippen molar-refractivity contribution < 1.29 is 0 Å². The van der Waals surface area contributed by atoms with Gasteiger partial charge in [-0.2, -0.15) is 10.1 Å². The van der Waals surface area contributed by atoms with Gasteiger partial charge in [0.1, 0.15) is 5.65 Å². The van der Waals surface area contributed by atoms with Crippen molar-refractivity contribution in [1.82, 2.24) is 24.3 Å². The van der Waals surface area contributed by atoms with Gasteiger partial charge < -0.3 is 4.57 Å². The van der Waals surface area contributed by atoms with Crippen LogP contribution in [0.15, 0.2) is 24.7 Å². The predicted molar refractivity (Wildman–Crippen MR) is 91.6 cm³/mol. The molecule has 0 bridgehead atoms. The molecule has 1 aliphatic rings. The van der Waals surface area contributed by atoms with Gasteiger partial charge in [0.05, 0.1) is 11.9 Å². The minimum Gasteiger partial charge on any atom is -0.322 e. The van der Waals surface area contributed by atoms with E-state index in [1.165, 1.54) is 37.8 Å². The Kier molecular flexibility index (Phi) is 3.81. The molecule has 0 amide bonds. The van der Waals surface area contributed by atoms with E-state index in [0.29, 0.717) is 11.3 Å². The number of hydrogen-bond donors (Lipinski definition) is 0. The molecule has 0 aromatic carbocycles. The summed E-state index contributed by atoms with van der Waals surface area (Å²) >= 11 is 6.06. The zero-order valence-corrected chi connectivity index (χ0v) is 14.0. The Hall–Kier alpha value is -1.88. The van der Waals surface area contributed by atoms with E-state index in [2.05, 4.69) is 38.8 Å². The predicted octanol–water partition coefficient (Wildman–Crippen LogP) is 4.47. The van der Waals surface area contributed by atoms with Gasteiger partial charge in [-0.05, 0) is 37.4 Å². The van der Waals surface area contributed by atoms with E-state index in [-0.39, 0.29) is 0 Å². The van der Waals surface area contributed by atoms with Crippen molar-refractivity contribution in [3.05, 3.63) is 29.9 Å². The lowest BCUT2D eigenvalue weighted by Crippen LogP contribution is -2.14. The molecule has 120 valence electrons. The first kappa shape index (κ1) is 14.7. The van der Waals surface area contributed by atoms with Crippen molar-refractivity contribution in [3.63, 3.8) is 0 Å². The highest BCUT2D eigenvalue weighted by Crippen LogP contribution is 2.36. The Bertz CT molecular complexity index is 829. The highest BCUT2D eigenvalue weighted by Gasteiger charge is 2.22. The van der Waals surface area contributed by atoms with Gasteiger partial charge in [-0.3, -0.25) is 4.68 Å². The van der Waals surface area contributed by atoms with E-state index in [1.54, 1.807) is 0 Å². The van der Waals surface area contributed by atoms with Crippen molar-refractivity contribution in [3.8, 4) is 11.3 Å². The van der Waals surface area contributed by atoms with Crippen LogP contribution in [0.5, 0.6) is 0 Å². The second-order valence-electron chi connectivity index (χ2n) is 6.19. The van der Waals surface area contributed by atoms with Crippen LogP contribution >= 0.6 is 11.6 Å². The van der Waals surface area contributed by atoms with Crippen LogP contribution in [0.1, 0.15) is 45.1 Å². The Morgan fingerprint density at radius 3 is 2.78 bits per heavy atom. The van der Waals surface area contributed by atoms with Crippen LogP contribution in [0, 0.1) is 0 Å². The molecule has 1 saturated carbocycles. The monoisotopic (exact) mass is 329 g/mol. The van der Waals surface area contributed by atoms with E-state index in [1.807, 2.05) is 17.1 Å². The molecule has 1 aliphatic carbocycles. The third kappa shape index (κ3) is 2.63. The average molecular weight is 330 g/mol. The molecule has 0 unspecified atom stereocenters. The molecule has 0 atom stereocenters. The minimum absolute atomic E-state index is 0.309. The smallest absolute Gasteiger partial charge is 0.224 e. The van der Waals surface area contributed by atoms with Gasteiger partial charge in [-0.25, -0.2) is 4.98 Å². The first-order valence-corrected chi connectivity index (χ1v) is 8.70. The van der Waals surface area contributed by atoms with Gasteiger partial charge in [0.25, 0.3) is 0 Å². The van der Waals surface area contributed by atoms with E-state index in [4.69, 9.17) is 11.6 Å². The van der Waals surface area contributed by atoms with Crippen molar-refractivity contribution in [1.29, 1.82) is 0 Å². The molecule has 23 heavy (non-hydrogen) atoms. The summed E-state index contributed by atoms with van der Waals surface area (Å²) in [4.78, 5) is 8.66. The lowest BCUT2D eigenvalue weighted by molar-refractivity contribution is 0.362. The lowest BCUT2D eigenvalue weighted by Gasteiger charge is -2.25. The fourth-order valence-corrected chi connectivity index (χ4v) is 3.72. The topological polar surface area (TPSA) is 48.5 Å². The van der Waals surface area contributed by atoms with Gasteiger partial charge in [0, 0.05) is 35.9 Å². The maximum absolute atomic E-state index is 6.06. The molecule has 4 rings (SSSR count). The quantitative estimate of drug-likeness (QED) is 0.666. The summed E-state index contributed by atoms with van der Waals surface area (Å²) < 4.78 is 4.32. The summed E-state index contributed by atoms with van der Waals surface area (Å²) in [5.74, 6) is 0. The summed E-state index contributed by atoms with van der Waals surface area (Å²) in [5.41, 5.74) is 3.24. The fraction of sp³-hybridized carbons (Fsp3) is 0.471. The van der Waals surface area contributed by atoms with Crippen LogP contribution in [0.25, 0.3) is 22.3 Å². The van der Waals surface area contributed by atoms with E-state index < -0.39 is 0 Å². The summed E-state index contributed by atoms with van der Waals surface area (Å²) in [7, 11) is 0. The third-order valence-electron chi connectivity index (χ3n) is 4.74. The summed E-state index contributed by atoms with van der Waals surface area (Å²) in [6.45, 7) is 2.97. The van der Waals surface area contributed by atoms with Crippen LogP contribution in [0.2, 0.25) is 5.28 Å². The molecule has 5 nitrogen and oxygen atoms in total. The van der Waals surface area contributed by atoms with E-state index in [0.717, 1.165) is 23.1 Å². The Morgan fingerprint density at radius 2 is 2.04 bits per heavy atom. The number of hydrogen-bond acceptors (Lipinski definition) is 3. The number of nitrogens with zero attached hydrogens (tertiary/aromatic N) is 5. The average Bonchev–Trinajstić information content (AvgIpc) is 3.19. The zero-order chi connectivity index (χ0) is 15.8. The van der Waals surface area contributed by atoms with Gasteiger partial charge in [0.15, 0.2) is 0 Å². The standard InChI is InChI=1S/C17H20ClN5/c1-2-22-11-13(10-20-22)15-8-12-9-19-17(18)21-16(12)23(15)14-6-4-3-5-7-14/h8-11,14H,2-7H2,1H3. The SMILES string of the molecule is CCn1cc(-c2cc3cnc(Cl)nc3n2C2CCCCC2)cn1. The minimum atomic E-state index is 0.309. The van der Waals surface area contributed by atoms with Gasteiger partial charge in [-0.1, -0.05) is 19.3 Å². The van der Waals surface area contributed by atoms with Crippen molar-refractivity contribution >= 4 is 22.6 Å². The van der Waals surface area contributed by atoms with Crippen LogP contribution in [-0.2, 0) is 6.54 Å². The largest absolute Gasteiger partial charge is 0.322 e. The van der Waals surface area contributed by atoms with E-state index >= 15 is 0 Å². The van der Waals surface area contributed by atoms with Crippen LogP contribution in [0.4, 0.5) is 0 Å². The molecular weight excluding hydrogens is 310 g/mol. The second kappa shape index (κ2) is 5.96. The van der Waals surface area contributed by atoms with Crippen molar-refractivity contribution in [2.24, 2.45) is 0 Å². The Morgan fingerprint density at radius 1 is 1.22 bits per heavy atom. The first-order valence-electron chi connectivity index (χ1n) is 8.32. The van der Waals surface area contributed by atoms with Gasteiger partial charge in [0.2, 0.25) is 5.28 Å². The van der Waals surface area contributed by atoms with Crippen LogP contribution in [-0.4, -0.2) is 24.3 Å². The molecule has 0 spiro atoms. The number of fused-ring (bicyclic) bond motifs is 1. The Labute approximate surface area is 140 Å². The lowest BCUT2D eigenvalue weighted by atomic mass is 9.95. The molecule has 3 heterocycles. The molecule has 6 heteroatoms. The van der Waals surface area contributed by atoms with E-state index in [9.17, 15) is 0 Å². The highest BCUT2D eigenvalue weighted by atomic mass is 35.5. The fourth-order valence-electron chi connectivity index (χ4n) is 3.59. The van der Waals surface area contributed by atoms with Crippen molar-refractivity contribution in [2.45, 2.75) is 51.6 Å². The van der Waals surface area contributed by atoms with Gasteiger partial charge >= 0.3 is 0 Å². The number of halogens is 1. The molecule has 3 aromatic rings. The number of aromatic nitrogens is 5. The molecule has 3 aromatic heterocycles. The van der Waals surface area contributed by atoms with Crippen LogP contribution < -0.4 is 0 Å².